The highest BCUT2D eigenvalue weighted by Gasteiger charge is 2.27. The molecule has 7 nitrogen and oxygen atoms in total. The third kappa shape index (κ3) is 5.60. The van der Waals surface area contributed by atoms with Gasteiger partial charge in [0.15, 0.2) is 0 Å². The van der Waals surface area contributed by atoms with Crippen molar-refractivity contribution in [2.75, 3.05) is 52.1 Å². The van der Waals surface area contributed by atoms with E-state index in [9.17, 15) is 9.59 Å². The molecule has 148 valence electrons. The standard InChI is InChI=1S/C19H27N3O4S/c1-21(13-18(23)24)11-15-12-22(7-8-26-15)19(25)20-10-17-16-5-3-2-4-14(16)6-9-27-17/h2-5,15,17H,6-13H2,1H3,(H,20,25)(H,23,24). The van der Waals surface area contributed by atoms with Gasteiger partial charge < -0.3 is 20.1 Å². The number of benzene rings is 1. The molecular formula is C19H27N3O4S. The fourth-order valence-electron chi connectivity index (χ4n) is 3.59. The van der Waals surface area contributed by atoms with E-state index in [0.29, 0.717) is 32.8 Å². The van der Waals surface area contributed by atoms with E-state index < -0.39 is 5.97 Å². The van der Waals surface area contributed by atoms with Crippen LogP contribution in [0.3, 0.4) is 0 Å². The average Bonchev–Trinajstić information content (AvgIpc) is 2.65. The van der Waals surface area contributed by atoms with Gasteiger partial charge in [0.05, 0.1) is 19.3 Å². The number of urea groups is 1. The Balaban J connectivity index is 1.49. The number of carbonyl (C=O) groups is 2. The minimum Gasteiger partial charge on any atom is -0.480 e. The summed E-state index contributed by atoms with van der Waals surface area (Å²) in [6, 6.07) is 8.37. The first-order chi connectivity index (χ1) is 13.0. The van der Waals surface area contributed by atoms with Gasteiger partial charge in [0.1, 0.15) is 0 Å². The number of amides is 2. The zero-order valence-corrected chi connectivity index (χ0v) is 16.4. The zero-order valence-electron chi connectivity index (χ0n) is 15.6. The van der Waals surface area contributed by atoms with Crippen molar-refractivity contribution in [2.24, 2.45) is 0 Å². The number of thioether (sulfide) groups is 1. The summed E-state index contributed by atoms with van der Waals surface area (Å²) >= 11 is 1.89. The quantitative estimate of drug-likeness (QED) is 0.761. The second kappa shape index (κ2) is 9.43. The highest BCUT2D eigenvalue weighted by molar-refractivity contribution is 7.99. The van der Waals surface area contributed by atoms with E-state index in [4.69, 9.17) is 9.84 Å². The number of nitrogens with one attached hydrogen (secondary N) is 1. The van der Waals surface area contributed by atoms with E-state index in [1.807, 2.05) is 11.8 Å². The van der Waals surface area contributed by atoms with Gasteiger partial charge in [-0.1, -0.05) is 24.3 Å². The van der Waals surface area contributed by atoms with E-state index >= 15 is 0 Å². The number of aliphatic carboxylic acids is 1. The van der Waals surface area contributed by atoms with Crippen molar-refractivity contribution in [3.63, 3.8) is 0 Å². The molecule has 0 aromatic heterocycles. The maximum absolute atomic E-state index is 12.6. The van der Waals surface area contributed by atoms with Crippen LogP contribution in [0.1, 0.15) is 16.4 Å². The van der Waals surface area contributed by atoms with Gasteiger partial charge in [-0.25, -0.2) is 4.79 Å². The lowest BCUT2D eigenvalue weighted by Gasteiger charge is -2.35. The Morgan fingerprint density at radius 3 is 3.04 bits per heavy atom. The monoisotopic (exact) mass is 393 g/mol. The molecule has 2 amide bonds. The number of aryl methyl sites for hydroxylation is 1. The molecule has 1 saturated heterocycles. The second-order valence-corrected chi connectivity index (χ2v) is 8.33. The molecule has 2 atom stereocenters. The second-order valence-electron chi connectivity index (χ2n) is 7.02. The van der Waals surface area contributed by atoms with Crippen LogP contribution in [0.25, 0.3) is 0 Å². The lowest BCUT2D eigenvalue weighted by atomic mass is 10.0. The lowest BCUT2D eigenvalue weighted by molar-refractivity contribution is -0.138. The Hall–Kier alpha value is -1.77. The molecule has 0 aliphatic carbocycles. The molecule has 8 heteroatoms. The minimum atomic E-state index is -0.867. The number of likely N-dealkylation sites (N-methyl/N-ethyl adjacent to an activating group) is 1. The number of carboxylic acid groups (broad SMARTS) is 1. The number of fused-ring (bicyclic) bond motifs is 1. The van der Waals surface area contributed by atoms with Gasteiger partial charge >= 0.3 is 12.0 Å². The van der Waals surface area contributed by atoms with E-state index in [1.54, 1.807) is 16.8 Å². The normalized spacial score (nSPS) is 22.4. The number of carbonyl (C=O) groups excluding carboxylic acids is 1. The van der Waals surface area contributed by atoms with E-state index in [1.165, 1.54) is 11.1 Å². The predicted octanol–water partition coefficient (Wildman–Crippen LogP) is 1.44. The van der Waals surface area contributed by atoms with Gasteiger partial charge in [-0.15, -0.1) is 0 Å². The Morgan fingerprint density at radius 2 is 2.22 bits per heavy atom. The van der Waals surface area contributed by atoms with Crippen molar-refractivity contribution in [1.82, 2.24) is 15.1 Å². The highest BCUT2D eigenvalue weighted by atomic mass is 32.2. The minimum absolute atomic E-state index is 0.0373. The van der Waals surface area contributed by atoms with E-state index in [-0.39, 0.29) is 23.9 Å². The molecule has 27 heavy (non-hydrogen) atoms. The molecule has 2 heterocycles. The Kier molecular flexibility index (Phi) is 6.98. The molecule has 2 N–H and O–H groups in total. The largest absolute Gasteiger partial charge is 0.480 e. The summed E-state index contributed by atoms with van der Waals surface area (Å²) in [6.45, 7) is 2.57. The summed E-state index contributed by atoms with van der Waals surface area (Å²) in [5.41, 5.74) is 2.70. The smallest absolute Gasteiger partial charge is 0.317 e. The van der Waals surface area contributed by atoms with E-state index in [0.717, 1.165) is 12.2 Å². The van der Waals surface area contributed by atoms with Crippen LogP contribution in [0.2, 0.25) is 0 Å². The first-order valence-electron chi connectivity index (χ1n) is 9.27. The number of hydrogen-bond acceptors (Lipinski definition) is 5. The number of ether oxygens (including phenoxy) is 1. The molecule has 2 aliphatic rings. The van der Waals surface area contributed by atoms with Crippen LogP contribution in [0.5, 0.6) is 0 Å². The molecule has 0 radical (unpaired) electrons. The summed E-state index contributed by atoms with van der Waals surface area (Å²) in [7, 11) is 1.74. The van der Waals surface area contributed by atoms with Crippen LogP contribution >= 0.6 is 11.8 Å². The van der Waals surface area contributed by atoms with Crippen LogP contribution in [0.4, 0.5) is 4.79 Å². The van der Waals surface area contributed by atoms with Gasteiger partial charge in [-0.05, 0) is 30.3 Å². The molecule has 1 aromatic carbocycles. The first-order valence-corrected chi connectivity index (χ1v) is 10.3. The highest BCUT2D eigenvalue weighted by Crippen LogP contribution is 2.35. The van der Waals surface area contributed by atoms with Crippen molar-refractivity contribution < 1.29 is 19.4 Å². The first kappa shape index (κ1) is 20.0. The molecule has 1 aromatic rings. The molecule has 0 bridgehead atoms. The van der Waals surface area contributed by atoms with Gasteiger partial charge in [0.25, 0.3) is 0 Å². The third-order valence-corrected chi connectivity index (χ3v) is 6.14. The maximum Gasteiger partial charge on any atom is 0.317 e. The van der Waals surface area contributed by atoms with Gasteiger partial charge in [0, 0.05) is 31.4 Å². The SMILES string of the molecule is CN(CC(=O)O)CC1CN(C(=O)NCC2SCCc3ccccc32)CCO1. The fraction of sp³-hybridized carbons (Fsp3) is 0.579. The average molecular weight is 394 g/mol. The summed E-state index contributed by atoms with van der Waals surface area (Å²) in [4.78, 5) is 26.9. The van der Waals surface area contributed by atoms with Crippen LogP contribution in [-0.4, -0.2) is 85.1 Å². The van der Waals surface area contributed by atoms with Crippen molar-refractivity contribution in [1.29, 1.82) is 0 Å². The van der Waals surface area contributed by atoms with Gasteiger partial charge in [-0.3, -0.25) is 9.69 Å². The third-order valence-electron chi connectivity index (χ3n) is 4.88. The topological polar surface area (TPSA) is 82.1 Å². The van der Waals surface area contributed by atoms with E-state index in [2.05, 4.69) is 29.6 Å². The van der Waals surface area contributed by atoms with Gasteiger partial charge in [-0.2, -0.15) is 11.8 Å². The number of rotatable bonds is 6. The summed E-state index contributed by atoms with van der Waals surface area (Å²) in [5.74, 6) is 0.209. The number of hydrogen-bond donors (Lipinski definition) is 2. The van der Waals surface area contributed by atoms with Crippen LogP contribution in [-0.2, 0) is 16.0 Å². The molecule has 2 unspecified atom stereocenters. The molecule has 1 fully saturated rings. The Morgan fingerprint density at radius 1 is 1.41 bits per heavy atom. The number of morpholine rings is 1. The Labute approximate surface area is 164 Å². The van der Waals surface area contributed by atoms with Crippen LogP contribution in [0.15, 0.2) is 24.3 Å². The summed E-state index contributed by atoms with van der Waals surface area (Å²) in [5, 5.41) is 12.2. The lowest BCUT2D eigenvalue weighted by Crippen LogP contribution is -2.52. The van der Waals surface area contributed by atoms with Crippen LogP contribution < -0.4 is 5.32 Å². The summed E-state index contributed by atoms with van der Waals surface area (Å²) < 4.78 is 5.69. The van der Waals surface area contributed by atoms with Crippen molar-refractivity contribution >= 4 is 23.8 Å². The van der Waals surface area contributed by atoms with Gasteiger partial charge in [0.2, 0.25) is 0 Å². The van der Waals surface area contributed by atoms with Crippen LogP contribution in [0, 0.1) is 0 Å². The summed E-state index contributed by atoms with van der Waals surface area (Å²) in [6.07, 6.45) is 0.916. The maximum atomic E-state index is 12.6. The molecular weight excluding hydrogens is 366 g/mol. The molecule has 3 rings (SSSR count). The number of nitrogens with zero attached hydrogens (tertiary/aromatic N) is 2. The Bertz CT molecular complexity index is 672. The van der Waals surface area contributed by atoms with Crippen molar-refractivity contribution in [3.05, 3.63) is 35.4 Å². The predicted molar refractivity (Wildman–Crippen MR) is 105 cm³/mol. The molecule has 0 saturated carbocycles. The number of carboxylic acids is 1. The molecule has 0 spiro atoms. The van der Waals surface area contributed by atoms with Crippen molar-refractivity contribution in [3.8, 4) is 0 Å². The van der Waals surface area contributed by atoms with Crippen molar-refractivity contribution in [2.45, 2.75) is 17.8 Å². The fourth-order valence-corrected chi connectivity index (χ4v) is 4.83. The zero-order chi connectivity index (χ0) is 19.2. The molecule has 2 aliphatic heterocycles.